The molecule has 1 aromatic carbocycles. The quantitative estimate of drug-likeness (QED) is 0.615. The molecule has 1 saturated heterocycles. The van der Waals surface area contributed by atoms with E-state index in [4.69, 9.17) is 27.9 Å². The number of fused-ring (bicyclic) bond motifs is 1. The Kier molecular flexibility index (Phi) is 7.43. The predicted molar refractivity (Wildman–Crippen MR) is 117 cm³/mol. The lowest BCUT2D eigenvalue weighted by Crippen LogP contribution is -2.49. The molecule has 2 aromatic rings. The molecule has 1 fully saturated rings. The van der Waals surface area contributed by atoms with Gasteiger partial charge in [-0.1, -0.05) is 23.2 Å². The average Bonchev–Trinajstić information content (AvgIpc) is 2.72. The van der Waals surface area contributed by atoms with Gasteiger partial charge in [-0.2, -0.15) is 11.8 Å². The van der Waals surface area contributed by atoms with E-state index in [-0.39, 0.29) is 18.2 Å². The van der Waals surface area contributed by atoms with Crippen molar-refractivity contribution in [3.05, 3.63) is 27.9 Å². The fourth-order valence-corrected chi connectivity index (χ4v) is 3.81. The van der Waals surface area contributed by atoms with Crippen LogP contribution in [0.25, 0.3) is 11.0 Å². The van der Waals surface area contributed by atoms with E-state index in [1.54, 1.807) is 30.8 Å². The third kappa shape index (κ3) is 5.05. The topological polar surface area (TPSA) is 75.6 Å². The van der Waals surface area contributed by atoms with Crippen LogP contribution in [0.4, 0.5) is 5.82 Å². The highest BCUT2D eigenvalue weighted by Crippen LogP contribution is 2.29. The van der Waals surface area contributed by atoms with Crippen molar-refractivity contribution in [3.63, 3.8) is 0 Å². The summed E-state index contributed by atoms with van der Waals surface area (Å²) in [6.07, 6.45) is 2.52. The number of rotatable bonds is 6. The largest absolute Gasteiger partial charge is 0.461 e. The highest BCUT2D eigenvalue weighted by Gasteiger charge is 2.27. The number of aromatic nitrogens is 2. The maximum atomic E-state index is 12.5. The second kappa shape index (κ2) is 9.82. The van der Waals surface area contributed by atoms with Gasteiger partial charge in [0.1, 0.15) is 0 Å². The van der Waals surface area contributed by atoms with E-state index in [0.29, 0.717) is 59.5 Å². The molecule has 1 amide bonds. The minimum Gasteiger partial charge on any atom is -0.461 e. The lowest BCUT2D eigenvalue weighted by molar-refractivity contribution is -0.131. The summed E-state index contributed by atoms with van der Waals surface area (Å²) in [7, 11) is 0. The first-order valence-corrected chi connectivity index (χ1v) is 11.4. The number of piperazine rings is 1. The summed E-state index contributed by atoms with van der Waals surface area (Å²) in [6.45, 7) is 4.21. The van der Waals surface area contributed by atoms with E-state index in [1.807, 2.05) is 16.1 Å². The summed E-state index contributed by atoms with van der Waals surface area (Å²) in [6, 6.07) is 3.22. The zero-order valence-electron chi connectivity index (χ0n) is 16.3. The number of benzene rings is 1. The van der Waals surface area contributed by atoms with Crippen LogP contribution in [-0.4, -0.2) is 71.5 Å². The Hall–Kier alpha value is -1.77. The van der Waals surface area contributed by atoms with Gasteiger partial charge in [0, 0.05) is 38.4 Å². The van der Waals surface area contributed by atoms with Crippen molar-refractivity contribution in [1.82, 2.24) is 14.9 Å². The number of hydrogen-bond donors (Lipinski definition) is 0. The van der Waals surface area contributed by atoms with Crippen LogP contribution in [0.5, 0.6) is 0 Å². The molecular weight excluding hydrogens is 435 g/mol. The Morgan fingerprint density at radius 3 is 2.31 bits per heavy atom. The minimum atomic E-state index is -0.540. The monoisotopic (exact) mass is 456 g/mol. The number of esters is 1. The first-order valence-electron chi connectivity index (χ1n) is 9.30. The molecule has 2 heterocycles. The lowest BCUT2D eigenvalue weighted by Gasteiger charge is -2.36. The van der Waals surface area contributed by atoms with Gasteiger partial charge in [0.15, 0.2) is 11.5 Å². The van der Waals surface area contributed by atoms with Gasteiger partial charge in [0.2, 0.25) is 5.91 Å². The zero-order valence-corrected chi connectivity index (χ0v) is 18.6. The Labute approximate surface area is 183 Å². The summed E-state index contributed by atoms with van der Waals surface area (Å²) in [5, 5.41) is 0.709. The van der Waals surface area contributed by atoms with E-state index in [0.717, 1.165) is 5.75 Å². The van der Waals surface area contributed by atoms with E-state index in [9.17, 15) is 9.59 Å². The molecule has 7 nitrogen and oxygen atoms in total. The first kappa shape index (κ1) is 21.9. The van der Waals surface area contributed by atoms with Crippen LogP contribution >= 0.6 is 35.0 Å². The van der Waals surface area contributed by atoms with Gasteiger partial charge in [0.25, 0.3) is 0 Å². The Bertz CT molecular complexity index is 920. The number of anilines is 1. The number of nitrogens with zero attached hydrogens (tertiary/aromatic N) is 4. The average molecular weight is 457 g/mol. The lowest BCUT2D eigenvalue weighted by atomic mass is 10.2. The number of thioether (sulfide) groups is 1. The number of carbonyl (C=O) groups is 2. The normalized spacial score (nSPS) is 14.3. The standard InChI is InChI=1S/C19H22Cl2N4O3S/c1-3-28-19(27)17-18(23-15-11-13(21)12(20)10-14(15)22-17)25-7-5-24(6-8-25)16(26)4-9-29-2/h10-11H,3-9H2,1-2H3. The summed E-state index contributed by atoms with van der Waals surface area (Å²) in [5.74, 6) is 0.855. The van der Waals surface area contributed by atoms with Gasteiger partial charge in [-0.15, -0.1) is 0 Å². The van der Waals surface area contributed by atoms with Crippen molar-refractivity contribution in [1.29, 1.82) is 0 Å². The van der Waals surface area contributed by atoms with Gasteiger partial charge in [0.05, 0.1) is 27.7 Å². The molecule has 156 valence electrons. The van der Waals surface area contributed by atoms with E-state index >= 15 is 0 Å². The van der Waals surface area contributed by atoms with E-state index in [1.165, 1.54) is 0 Å². The molecule has 0 unspecified atom stereocenters. The van der Waals surface area contributed by atoms with Crippen molar-refractivity contribution in [2.45, 2.75) is 13.3 Å². The van der Waals surface area contributed by atoms with Gasteiger partial charge >= 0.3 is 5.97 Å². The maximum absolute atomic E-state index is 12.5. The number of halogens is 2. The SMILES string of the molecule is CCOC(=O)c1nc2cc(Cl)c(Cl)cc2nc1N1CCN(C(=O)CCSC)CC1. The zero-order chi connectivity index (χ0) is 21.0. The molecule has 0 atom stereocenters. The molecule has 1 aliphatic rings. The van der Waals surface area contributed by atoms with Gasteiger partial charge in [-0.25, -0.2) is 14.8 Å². The number of hydrogen-bond acceptors (Lipinski definition) is 7. The molecule has 29 heavy (non-hydrogen) atoms. The van der Waals surface area contributed by atoms with Crippen LogP contribution in [0.2, 0.25) is 10.0 Å². The highest BCUT2D eigenvalue weighted by atomic mass is 35.5. The number of ether oxygens (including phenoxy) is 1. The van der Waals surface area contributed by atoms with E-state index in [2.05, 4.69) is 9.97 Å². The molecule has 0 spiro atoms. The van der Waals surface area contributed by atoms with Crippen molar-refractivity contribution in [2.75, 3.05) is 49.7 Å². The van der Waals surface area contributed by atoms with Crippen LogP contribution in [0.3, 0.4) is 0 Å². The molecule has 0 N–H and O–H groups in total. The molecule has 0 radical (unpaired) electrons. The first-order chi connectivity index (χ1) is 13.9. The molecule has 1 aliphatic heterocycles. The molecule has 10 heteroatoms. The fraction of sp³-hybridized carbons (Fsp3) is 0.474. The van der Waals surface area contributed by atoms with Crippen LogP contribution in [0.1, 0.15) is 23.8 Å². The summed E-state index contributed by atoms with van der Waals surface area (Å²) < 4.78 is 5.17. The number of amides is 1. The van der Waals surface area contributed by atoms with Crippen molar-refractivity contribution in [3.8, 4) is 0 Å². The smallest absolute Gasteiger partial charge is 0.360 e. The molecule has 0 saturated carbocycles. The third-order valence-corrected chi connectivity index (χ3v) is 5.94. The Balaban J connectivity index is 1.89. The van der Waals surface area contributed by atoms with Crippen LogP contribution in [0, 0.1) is 0 Å². The van der Waals surface area contributed by atoms with Gasteiger partial charge in [-0.05, 0) is 25.3 Å². The van der Waals surface area contributed by atoms with Crippen molar-refractivity contribution < 1.29 is 14.3 Å². The number of carbonyl (C=O) groups excluding carboxylic acids is 2. The van der Waals surface area contributed by atoms with Crippen molar-refractivity contribution >= 4 is 63.7 Å². The predicted octanol–water partition coefficient (Wildman–Crippen LogP) is 3.52. The highest BCUT2D eigenvalue weighted by molar-refractivity contribution is 7.98. The second-order valence-electron chi connectivity index (χ2n) is 6.48. The van der Waals surface area contributed by atoms with E-state index < -0.39 is 5.97 Å². The van der Waals surface area contributed by atoms with Crippen molar-refractivity contribution in [2.24, 2.45) is 0 Å². The Morgan fingerprint density at radius 2 is 1.72 bits per heavy atom. The third-order valence-electron chi connectivity index (χ3n) is 4.61. The van der Waals surface area contributed by atoms with Crippen LogP contribution in [0.15, 0.2) is 12.1 Å². The van der Waals surface area contributed by atoms with Crippen LogP contribution in [-0.2, 0) is 9.53 Å². The molecular formula is C19H22Cl2N4O3S. The molecule has 0 bridgehead atoms. The fourth-order valence-electron chi connectivity index (χ4n) is 3.11. The molecule has 3 rings (SSSR count). The second-order valence-corrected chi connectivity index (χ2v) is 8.28. The maximum Gasteiger partial charge on any atom is 0.360 e. The van der Waals surface area contributed by atoms with Crippen LogP contribution < -0.4 is 4.90 Å². The minimum absolute atomic E-state index is 0.139. The Morgan fingerprint density at radius 1 is 1.10 bits per heavy atom. The summed E-state index contributed by atoms with van der Waals surface area (Å²) >= 11 is 13.9. The molecule has 0 aliphatic carbocycles. The van der Waals surface area contributed by atoms with Gasteiger partial charge < -0.3 is 14.5 Å². The summed E-state index contributed by atoms with van der Waals surface area (Å²) in [4.78, 5) is 37.7. The van der Waals surface area contributed by atoms with Gasteiger partial charge in [-0.3, -0.25) is 4.79 Å². The molecule has 1 aromatic heterocycles. The summed E-state index contributed by atoms with van der Waals surface area (Å²) in [5.41, 5.74) is 1.15.